The molecule has 0 aromatic heterocycles. The van der Waals surface area contributed by atoms with Crippen molar-refractivity contribution in [2.45, 2.75) is 18.7 Å². The van der Waals surface area contributed by atoms with Crippen LogP contribution in [0.25, 0.3) is 5.57 Å². The van der Waals surface area contributed by atoms with Crippen molar-refractivity contribution < 1.29 is 17.9 Å². The molecule has 2 aliphatic heterocycles. The van der Waals surface area contributed by atoms with E-state index in [1.54, 1.807) is 12.1 Å². The quantitative estimate of drug-likeness (QED) is 0.805. The summed E-state index contributed by atoms with van der Waals surface area (Å²) in [6, 6.07) is 5.27. The van der Waals surface area contributed by atoms with Crippen molar-refractivity contribution in [2.75, 3.05) is 39.7 Å². The van der Waals surface area contributed by atoms with Crippen molar-refractivity contribution in [2.24, 2.45) is 5.41 Å². The first kappa shape index (κ1) is 18.0. The van der Waals surface area contributed by atoms with E-state index >= 15 is 0 Å². The maximum Gasteiger partial charge on any atom is 0.175 e. The van der Waals surface area contributed by atoms with Crippen LogP contribution in [-0.4, -0.2) is 53.0 Å². The summed E-state index contributed by atoms with van der Waals surface area (Å²) in [5.74, 6) is 0.585. The zero-order valence-electron chi connectivity index (χ0n) is 15.2. The van der Waals surface area contributed by atoms with Crippen LogP contribution in [0.5, 0.6) is 5.75 Å². The van der Waals surface area contributed by atoms with E-state index in [2.05, 4.69) is 24.1 Å². The molecule has 0 bridgehead atoms. The van der Waals surface area contributed by atoms with Gasteiger partial charge in [-0.1, -0.05) is 13.0 Å². The van der Waals surface area contributed by atoms with Crippen LogP contribution in [0, 0.1) is 5.41 Å². The Morgan fingerprint density at radius 3 is 2.56 bits per heavy atom. The first-order valence-corrected chi connectivity index (χ1v) is 10.2. The molecule has 1 aromatic carbocycles. The summed E-state index contributed by atoms with van der Waals surface area (Å²) >= 11 is 0. The molecule has 1 saturated heterocycles. The Kier molecular flexibility index (Phi) is 4.68. The summed E-state index contributed by atoms with van der Waals surface area (Å²) in [6.07, 6.45) is 5.38. The third-order valence-electron chi connectivity index (χ3n) is 4.41. The van der Waals surface area contributed by atoms with Gasteiger partial charge in [0.1, 0.15) is 5.75 Å². The molecule has 6 heteroatoms. The van der Waals surface area contributed by atoms with E-state index in [-0.39, 0.29) is 10.3 Å². The van der Waals surface area contributed by atoms with E-state index < -0.39 is 9.84 Å². The second-order valence-electron chi connectivity index (χ2n) is 7.52. The minimum absolute atomic E-state index is 0.00487. The molecule has 136 valence electrons. The third kappa shape index (κ3) is 4.25. The maximum atomic E-state index is 12.1. The number of rotatable bonds is 5. The highest BCUT2D eigenvalue weighted by Gasteiger charge is 2.34. The smallest absolute Gasteiger partial charge is 0.175 e. The van der Waals surface area contributed by atoms with Crippen LogP contribution in [-0.2, 0) is 14.6 Å². The zero-order chi connectivity index (χ0) is 18.2. The molecule has 1 aromatic rings. The standard InChI is InChI=1S/C19H25NO4S/c1-14-5-16(10-20(3)9-14)15-6-17(8-18(7-15)25(4,21)22)24-13-19(2)11-23-12-19/h5-9H,10-13H2,1-4H3. The Bertz CT molecular complexity index is 835. The fourth-order valence-corrected chi connectivity index (χ4v) is 3.71. The highest BCUT2D eigenvalue weighted by molar-refractivity contribution is 7.90. The molecule has 0 N–H and O–H groups in total. The van der Waals surface area contributed by atoms with Gasteiger partial charge in [0.2, 0.25) is 0 Å². The number of allylic oxidation sites excluding steroid dienone is 2. The number of benzene rings is 1. The number of hydrogen-bond acceptors (Lipinski definition) is 5. The first-order valence-electron chi connectivity index (χ1n) is 8.30. The van der Waals surface area contributed by atoms with Crippen LogP contribution < -0.4 is 4.74 Å². The van der Waals surface area contributed by atoms with Gasteiger partial charge in [0.25, 0.3) is 0 Å². The Balaban J connectivity index is 1.94. The number of sulfone groups is 1. The Hall–Kier alpha value is -1.79. The van der Waals surface area contributed by atoms with Crippen molar-refractivity contribution in [3.63, 3.8) is 0 Å². The number of hydrogen-bond donors (Lipinski definition) is 0. The zero-order valence-corrected chi connectivity index (χ0v) is 16.0. The molecule has 0 aliphatic carbocycles. The number of ether oxygens (including phenoxy) is 2. The van der Waals surface area contributed by atoms with E-state index in [1.165, 1.54) is 6.26 Å². The lowest BCUT2D eigenvalue weighted by Gasteiger charge is -2.37. The SMILES string of the molecule is CC1=CN(C)CC(c2cc(OCC3(C)COC3)cc(S(C)(=O)=O)c2)=C1. The highest BCUT2D eigenvalue weighted by Crippen LogP contribution is 2.31. The van der Waals surface area contributed by atoms with Gasteiger partial charge in [-0.15, -0.1) is 0 Å². The molecule has 25 heavy (non-hydrogen) atoms. The monoisotopic (exact) mass is 363 g/mol. The van der Waals surface area contributed by atoms with E-state index in [1.807, 2.05) is 20.0 Å². The van der Waals surface area contributed by atoms with Crippen LogP contribution in [0.4, 0.5) is 0 Å². The largest absolute Gasteiger partial charge is 0.493 e. The summed E-state index contributed by atoms with van der Waals surface area (Å²) in [5.41, 5.74) is 3.10. The van der Waals surface area contributed by atoms with Crippen molar-refractivity contribution in [3.8, 4) is 5.75 Å². The van der Waals surface area contributed by atoms with Gasteiger partial charge in [0.15, 0.2) is 9.84 Å². The lowest BCUT2D eigenvalue weighted by atomic mass is 9.90. The Morgan fingerprint density at radius 1 is 1.28 bits per heavy atom. The second-order valence-corrected chi connectivity index (χ2v) is 9.53. The molecule has 1 fully saturated rings. The Morgan fingerprint density at radius 2 is 2.00 bits per heavy atom. The molecule has 0 unspecified atom stereocenters. The average Bonchev–Trinajstić information content (AvgIpc) is 2.49. The van der Waals surface area contributed by atoms with E-state index in [0.29, 0.717) is 25.6 Å². The third-order valence-corrected chi connectivity index (χ3v) is 5.51. The fourth-order valence-electron chi connectivity index (χ4n) is 3.04. The van der Waals surface area contributed by atoms with Crippen molar-refractivity contribution in [1.29, 1.82) is 0 Å². The van der Waals surface area contributed by atoms with Gasteiger partial charge in [-0.3, -0.25) is 0 Å². The number of nitrogens with zero attached hydrogens (tertiary/aromatic N) is 1. The van der Waals surface area contributed by atoms with Crippen molar-refractivity contribution in [1.82, 2.24) is 4.90 Å². The topological polar surface area (TPSA) is 55.8 Å². The molecular formula is C19H25NO4S. The van der Waals surface area contributed by atoms with E-state index in [4.69, 9.17) is 9.47 Å². The fraction of sp³-hybridized carbons (Fsp3) is 0.474. The predicted molar refractivity (Wildman–Crippen MR) is 98.3 cm³/mol. The molecule has 2 aliphatic rings. The van der Waals surface area contributed by atoms with Crippen LogP contribution in [0.15, 0.2) is 40.9 Å². The van der Waals surface area contributed by atoms with Crippen molar-refractivity contribution in [3.05, 3.63) is 41.6 Å². The first-order chi connectivity index (χ1) is 11.6. The minimum Gasteiger partial charge on any atom is -0.493 e. The van der Waals surface area contributed by atoms with Gasteiger partial charge in [-0.25, -0.2) is 8.42 Å². The molecule has 3 rings (SSSR count). The summed E-state index contributed by atoms with van der Waals surface area (Å²) in [5, 5.41) is 0. The molecule has 0 radical (unpaired) electrons. The lowest BCUT2D eigenvalue weighted by molar-refractivity contribution is -0.120. The minimum atomic E-state index is -3.32. The molecule has 0 spiro atoms. The second kappa shape index (κ2) is 6.50. The lowest BCUT2D eigenvalue weighted by Crippen LogP contribution is -2.44. The summed E-state index contributed by atoms with van der Waals surface area (Å²) in [6.45, 7) is 6.72. The summed E-state index contributed by atoms with van der Waals surface area (Å²) in [4.78, 5) is 2.37. The van der Waals surface area contributed by atoms with E-state index in [0.717, 1.165) is 23.3 Å². The molecule has 0 amide bonds. The molecule has 0 saturated carbocycles. The van der Waals surface area contributed by atoms with Gasteiger partial charge in [-0.2, -0.15) is 0 Å². The van der Waals surface area contributed by atoms with E-state index in [9.17, 15) is 8.42 Å². The summed E-state index contributed by atoms with van der Waals surface area (Å²) < 4.78 is 35.4. The van der Waals surface area contributed by atoms with Gasteiger partial charge in [-0.05, 0) is 41.8 Å². The van der Waals surface area contributed by atoms with Crippen LogP contribution in [0.3, 0.4) is 0 Å². The Labute approximate surface area is 149 Å². The van der Waals surface area contributed by atoms with Crippen LogP contribution in [0.1, 0.15) is 19.4 Å². The van der Waals surface area contributed by atoms with Crippen LogP contribution >= 0.6 is 0 Å². The van der Waals surface area contributed by atoms with Gasteiger partial charge < -0.3 is 14.4 Å². The molecular weight excluding hydrogens is 338 g/mol. The van der Waals surface area contributed by atoms with Crippen LogP contribution in [0.2, 0.25) is 0 Å². The molecule has 5 nitrogen and oxygen atoms in total. The highest BCUT2D eigenvalue weighted by atomic mass is 32.2. The van der Waals surface area contributed by atoms with Gasteiger partial charge in [0, 0.05) is 31.5 Å². The predicted octanol–water partition coefficient (Wildman–Crippen LogP) is 2.74. The maximum absolute atomic E-state index is 12.1. The normalized spacial score (nSPS) is 19.8. The molecule has 0 atom stereocenters. The molecule has 2 heterocycles. The average molecular weight is 363 g/mol. The van der Waals surface area contributed by atoms with Gasteiger partial charge >= 0.3 is 0 Å². The van der Waals surface area contributed by atoms with Gasteiger partial charge in [0.05, 0.1) is 24.7 Å². The summed E-state index contributed by atoms with van der Waals surface area (Å²) in [7, 11) is -1.31. The van der Waals surface area contributed by atoms with Crippen molar-refractivity contribution >= 4 is 15.4 Å². The number of likely N-dealkylation sites (N-methyl/N-ethyl adjacent to an activating group) is 1.